The number of rotatable bonds is 1. The van der Waals surface area contributed by atoms with Gasteiger partial charge in [0.25, 0.3) is 5.56 Å². The average Bonchev–Trinajstić information content (AvgIpc) is 2.11. The van der Waals surface area contributed by atoms with E-state index < -0.39 is 23.1 Å². The number of hydrogen-bond acceptors (Lipinski definition) is 3. The van der Waals surface area contributed by atoms with Gasteiger partial charge in [-0.3, -0.25) is 9.78 Å². The summed E-state index contributed by atoms with van der Waals surface area (Å²) in [7, 11) is 0. The lowest BCUT2D eigenvalue weighted by molar-refractivity contribution is 0.241. The number of amides is 1. The second-order valence-corrected chi connectivity index (χ2v) is 2.44. The molecule has 0 aliphatic carbocycles. The van der Waals surface area contributed by atoms with Gasteiger partial charge in [0.2, 0.25) is 5.82 Å². The van der Waals surface area contributed by atoms with Crippen LogP contribution >= 0.6 is 0 Å². The summed E-state index contributed by atoms with van der Waals surface area (Å²) in [5, 5.41) is 2.28. The zero-order chi connectivity index (χ0) is 10.7. The number of aromatic nitrogens is 2. The quantitative estimate of drug-likeness (QED) is 0.627. The third kappa shape index (κ3) is 1.87. The zero-order valence-corrected chi connectivity index (χ0v) is 7.33. The van der Waals surface area contributed by atoms with E-state index in [1.54, 1.807) is 11.9 Å². The minimum absolute atomic E-state index is 0.298. The number of aromatic amines is 1. The predicted molar refractivity (Wildman–Crippen MR) is 45.8 cm³/mol. The molecule has 1 heterocycles. The molecule has 0 unspecified atom stereocenters. The maximum absolute atomic E-state index is 12.7. The largest absolute Gasteiger partial charge is 0.338 e. The summed E-state index contributed by atoms with van der Waals surface area (Å²) in [6, 6.07) is -0.785. The molecule has 1 amide bonds. The minimum Gasteiger partial charge on any atom is -0.338 e. The summed E-state index contributed by atoms with van der Waals surface area (Å²) >= 11 is 0. The van der Waals surface area contributed by atoms with Gasteiger partial charge in [-0.1, -0.05) is 0 Å². The number of nitrogens with zero attached hydrogens (tertiary/aromatic N) is 1. The van der Waals surface area contributed by atoms with Crippen LogP contribution in [-0.4, -0.2) is 22.1 Å². The first kappa shape index (κ1) is 10.2. The molecular formula is C7H8FN3O3. The van der Waals surface area contributed by atoms with E-state index in [9.17, 15) is 18.8 Å². The first-order valence-electron chi connectivity index (χ1n) is 3.86. The van der Waals surface area contributed by atoms with Crippen molar-refractivity contribution in [3.63, 3.8) is 0 Å². The van der Waals surface area contributed by atoms with Gasteiger partial charge in [0.15, 0.2) is 0 Å². The van der Waals surface area contributed by atoms with Crippen molar-refractivity contribution >= 4 is 6.03 Å². The maximum Gasteiger partial charge on any atom is 0.336 e. The van der Waals surface area contributed by atoms with Crippen molar-refractivity contribution in [2.45, 2.75) is 6.92 Å². The summed E-state index contributed by atoms with van der Waals surface area (Å²) in [5.41, 5.74) is -2.11. The Morgan fingerprint density at radius 3 is 2.86 bits per heavy atom. The van der Waals surface area contributed by atoms with Gasteiger partial charge in [-0.05, 0) is 6.92 Å². The topological polar surface area (TPSA) is 84.0 Å². The molecule has 0 spiro atoms. The van der Waals surface area contributed by atoms with E-state index >= 15 is 0 Å². The van der Waals surface area contributed by atoms with Crippen LogP contribution in [0.1, 0.15) is 6.92 Å². The van der Waals surface area contributed by atoms with E-state index in [4.69, 9.17) is 0 Å². The number of carbonyl (C=O) groups is 1. The lowest BCUT2D eigenvalue weighted by Gasteiger charge is -2.03. The normalized spacial score (nSPS) is 9.86. The molecule has 1 aromatic rings. The molecule has 7 heteroatoms. The van der Waals surface area contributed by atoms with E-state index in [0.717, 1.165) is 0 Å². The molecule has 0 aliphatic rings. The van der Waals surface area contributed by atoms with Gasteiger partial charge in [-0.25, -0.2) is 14.2 Å². The maximum atomic E-state index is 12.7. The number of halogens is 1. The molecule has 0 radical (unpaired) electrons. The van der Waals surface area contributed by atoms with Crippen molar-refractivity contribution < 1.29 is 9.18 Å². The first-order chi connectivity index (χ1) is 6.56. The molecule has 0 fully saturated rings. The second kappa shape index (κ2) is 3.86. The van der Waals surface area contributed by atoms with Crippen LogP contribution in [0.4, 0.5) is 9.18 Å². The molecule has 76 valence electrons. The van der Waals surface area contributed by atoms with Crippen LogP contribution in [-0.2, 0) is 0 Å². The highest BCUT2D eigenvalue weighted by Gasteiger charge is 2.08. The fourth-order valence-electron chi connectivity index (χ4n) is 0.835. The molecular weight excluding hydrogens is 193 g/mol. The van der Waals surface area contributed by atoms with Gasteiger partial charge >= 0.3 is 11.7 Å². The van der Waals surface area contributed by atoms with Crippen LogP contribution < -0.4 is 16.6 Å². The van der Waals surface area contributed by atoms with Gasteiger partial charge in [-0.15, -0.1) is 0 Å². The molecule has 0 atom stereocenters. The Hall–Kier alpha value is -1.92. The summed E-state index contributed by atoms with van der Waals surface area (Å²) < 4.78 is 13.1. The number of hydrogen-bond donors (Lipinski definition) is 2. The Morgan fingerprint density at radius 1 is 1.64 bits per heavy atom. The summed E-state index contributed by atoms with van der Waals surface area (Å²) in [6.45, 7) is 1.94. The average molecular weight is 201 g/mol. The second-order valence-electron chi connectivity index (χ2n) is 2.44. The van der Waals surface area contributed by atoms with Crippen molar-refractivity contribution in [3.8, 4) is 0 Å². The van der Waals surface area contributed by atoms with Gasteiger partial charge in [0.05, 0.1) is 6.20 Å². The van der Waals surface area contributed by atoms with E-state index in [0.29, 0.717) is 17.3 Å². The molecule has 14 heavy (non-hydrogen) atoms. The number of nitrogens with one attached hydrogen (secondary N) is 2. The van der Waals surface area contributed by atoms with Crippen molar-refractivity contribution in [2.24, 2.45) is 0 Å². The van der Waals surface area contributed by atoms with Crippen molar-refractivity contribution in [1.82, 2.24) is 14.9 Å². The minimum atomic E-state index is -1.18. The molecule has 6 nitrogen and oxygen atoms in total. The highest BCUT2D eigenvalue weighted by molar-refractivity contribution is 5.76. The number of carbonyl (C=O) groups excluding carboxylic acids is 1. The van der Waals surface area contributed by atoms with Gasteiger partial charge < -0.3 is 5.32 Å². The lowest BCUT2D eigenvalue weighted by Crippen LogP contribution is -2.40. The standard InChI is InChI=1S/C7H8FN3O3/c1-2-9-6(13)11-3-4(8)5(12)10-7(11)14/h3H,2H2,1H3,(H,9,13)(H,10,12,14). The predicted octanol–water partition coefficient (Wildman–Crippen LogP) is -0.747. The molecule has 0 aliphatic heterocycles. The molecule has 0 bridgehead atoms. The SMILES string of the molecule is CCNC(=O)n1cc(F)c(=O)[nH]c1=O. The fraction of sp³-hybridized carbons (Fsp3) is 0.286. The van der Waals surface area contributed by atoms with E-state index in [1.165, 1.54) is 0 Å². The molecule has 0 saturated carbocycles. The Bertz CT molecular complexity index is 462. The summed E-state index contributed by atoms with van der Waals surface area (Å²) in [4.78, 5) is 34.3. The Labute approximate surface area is 77.4 Å². The van der Waals surface area contributed by atoms with Gasteiger partial charge in [-0.2, -0.15) is 4.39 Å². The Kier molecular flexibility index (Phi) is 2.80. The highest BCUT2D eigenvalue weighted by Crippen LogP contribution is 1.83. The molecule has 1 aromatic heterocycles. The summed E-state index contributed by atoms with van der Waals surface area (Å²) in [5.74, 6) is -1.18. The van der Waals surface area contributed by atoms with E-state index in [1.807, 2.05) is 0 Å². The molecule has 0 saturated heterocycles. The van der Waals surface area contributed by atoms with Crippen LogP contribution in [0.3, 0.4) is 0 Å². The van der Waals surface area contributed by atoms with Crippen LogP contribution in [0.15, 0.2) is 15.8 Å². The highest BCUT2D eigenvalue weighted by atomic mass is 19.1. The molecule has 1 rings (SSSR count). The van der Waals surface area contributed by atoms with Crippen LogP contribution in [0.25, 0.3) is 0 Å². The smallest absolute Gasteiger partial charge is 0.336 e. The van der Waals surface area contributed by atoms with Crippen molar-refractivity contribution in [1.29, 1.82) is 0 Å². The van der Waals surface area contributed by atoms with Crippen molar-refractivity contribution in [2.75, 3.05) is 6.54 Å². The summed E-state index contributed by atoms with van der Waals surface area (Å²) in [6.07, 6.45) is 0.548. The van der Waals surface area contributed by atoms with E-state index in [-0.39, 0.29) is 0 Å². The first-order valence-corrected chi connectivity index (χ1v) is 3.86. The Morgan fingerprint density at radius 2 is 2.29 bits per heavy atom. The zero-order valence-electron chi connectivity index (χ0n) is 7.33. The van der Waals surface area contributed by atoms with Crippen LogP contribution in [0.2, 0.25) is 0 Å². The molecule has 2 N–H and O–H groups in total. The monoisotopic (exact) mass is 201 g/mol. The number of H-pyrrole nitrogens is 1. The van der Waals surface area contributed by atoms with Crippen LogP contribution in [0.5, 0.6) is 0 Å². The van der Waals surface area contributed by atoms with E-state index in [2.05, 4.69) is 5.32 Å². The van der Waals surface area contributed by atoms with Gasteiger partial charge in [0.1, 0.15) is 0 Å². The van der Waals surface area contributed by atoms with Crippen LogP contribution in [0, 0.1) is 5.82 Å². The lowest BCUT2D eigenvalue weighted by atomic mass is 10.6. The third-order valence-electron chi connectivity index (χ3n) is 1.45. The molecule has 0 aromatic carbocycles. The fourth-order valence-corrected chi connectivity index (χ4v) is 0.835. The van der Waals surface area contributed by atoms with Gasteiger partial charge in [0, 0.05) is 6.54 Å². The third-order valence-corrected chi connectivity index (χ3v) is 1.45. The Balaban J connectivity index is 3.23. The van der Waals surface area contributed by atoms with Crippen molar-refractivity contribution in [3.05, 3.63) is 32.9 Å².